The van der Waals surface area contributed by atoms with E-state index in [1.54, 1.807) is 23.1 Å². The van der Waals surface area contributed by atoms with Crippen molar-refractivity contribution in [1.82, 2.24) is 9.80 Å². The zero-order valence-electron chi connectivity index (χ0n) is 16.9. The molecule has 1 saturated heterocycles. The molecule has 1 aliphatic heterocycles. The molecule has 0 unspecified atom stereocenters. The van der Waals surface area contributed by atoms with Crippen LogP contribution in [0.4, 0.5) is 10.1 Å². The van der Waals surface area contributed by atoms with Crippen LogP contribution in [-0.2, 0) is 20.9 Å². The summed E-state index contributed by atoms with van der Waals surface area (Å²) in [7, 11) is 0. The number of nitrogens with one attached hydrogen (secondary N) is 1. The lowest BCUT2D eigenvalue weighted by Crippen LogP contribution is -2.51. The average Bonchev–Trinajstić information content (AvgIpc) is 2.77. The molecule has 0 spiro atoms. The van der Waals surface area contributed by atoms with Crippen LogP contribution in [-0.4, -0.2) is 72.0 Å². The molecule has 2 aromatic rings. The normalized spacial score (nSPS) is 14.2. The van der Waals surface area contributed by atoms with E-state index in [-0.39, 0.29) is 31.6 Å². The second-order valence-electron chi connectivity index (χ2n) is 7.15. The summed E-state index contributed by atoms with van der Waals surface area (Å²) < 4.78 is 18.3. The van der Waals surface area contributed by atoms with Crippen molar-refractivity contribution in [2.24, 2.45) is 0 Å². The van der Waals surface area contributed by atoms with Crippen molar-refractivity contribution in [3.63, 3.8) is 0 Å². The van der Waals surface area contributed by atoms with E-state index in [0.29, 0.717) is 43.0 Å². The number of hydrogen-bond acceptors (Lipinski definition) is 6. The van der Waals surface area contributed by atoms with E-state index in [4.69, 9.17) is 9.84 Å². The highest BCUT2D eigenvalue weighted by Crippen LogP contribution is 2.10. The van der Waals surface area contributed by atoms with Gasteiger partial charge >= 0.3 is 5.97 Å². The predicted octanol–water partition coefficient (Wildman–Crippen LogP) is 1.26. The van der Waals surface area contributed by atoms with Crippen molar-refractivity contribution < 1.29 is 28.6 Å². The van der Waals surface area contributed by atoms with Gasteiger partial charge < -0.3 is 20.1 Å². The number of esters is 1. The van der Waals surface area contributed by atoms with Gasteiger partial charge in [0.15, 0.2) is 6.61 Å². The van der Waals surface area contributed by atoms with Gasteiger partial charge in [0.25, 0.3) is 5.91 Å². The summed E-state index contributed by atoms with van der Waals surface area (Å²) in [6.07, 6.45) is 0. The molecule has 0 bridgehead atoms. The van der Waals surface area contributed by atoms with E-state index in [2.05, 4.69) is 5.32 Å². The predicted molar refractivity (Wildman–Crippen MR) is 111 cm³/mol. The van der Waals surface area contributed by atoms with Crippen LogP contribution in [0.15, 0.2) is 48.5 Å². The number of amides is 2. The van der Waals surface area contributed by atoms with Crippen LogP contribution < -0.4 is 5.32 Å². The molecule has 2 aromatic carbocycles. The fourth-order valence-electron chi connectivity index (χ4n) is 3.17. The molecule has 0 atom stereocenters. The van der Waals surface area contributed by atoms with Crippen LogP contribution in [0.25, 0.3) is 0 Å². The monoisotopic (exact) mass is 429 g/mol. The summed E-state index contributed by atoms with van der Waals surface area (Å²) in [5.74, 6) is -1.59. The van der Waals surface area contributed by atoms with Gasteiger partial charge in [-0.05, 0) is 35.9 Å². The molecule has 2 N–H and O–H groups in total. The molecule has 0 radical (unpaired) electrons. The lowest BCUT2D eigenvalue weighted by Gasteiger charge is -2.34. The van der Waals surface area contributed by atoms with Crippen molar-refractivity contribution >= 4 is 23.5 Å². The van der Waals surface area contributed by atoms with Gasteiger partial charge in [0.05, 0.1) is 18.7 Å². The number of benzene rings is 2. The third-order valence-electron chi connectivity index (χ3n) is 4.90. The van der Waals surface area contributed by atoms with Crippen LogP contribution in [0.5, 0.6) is 0 Å². The van der Waals surface area contributed by atoms with E-state index in [1.165, 1.54) is 30.3 Å². The third kappa shape index (κ3) is 6.59. The maximum absolute atomic E-state index is 13.2. The number of carbonyl (C=O) groups excluding carboxylic acids is 3. The molecule has 1 fully saturated rings. The number of hydrogen-bond donors (Lipinski definition) is 2. The van der Waals surface area contributed by atoms with E-state index in [1.807, 2.05) is 4.90 Å². The van der Waals surface area contributed by atoms with Gasteiger partial charge in [-0.1, -0.05) is 18.2 Å². The summed E-state index contributed by atoms with van der Waals surface area (Å²) >= 11 is 0. The Labute approximate surface area is 179 Å². The fourth-order valence-corrected chi connectivity index (χ4v) is 3.17. The zero-order valence-corrected chi connectivity index (χ0v) is 16.9. The van der Waals surface area contributed by atoms with Gasteiger partial charge in [-0.2, -0.15) is 0 Å². The molecule has 2 amide bonds. The standard InChI is InChI=1S/C22H24FN3O5/c23-18-2-1-3-19(12-18)24-20(28)13-25-8-10-26(11-9-25)21(29)15-31-22(30)17-6-4-16(14-27)5-7-17/h1-7,12,27H,8-11,13-15H2,(H,24,28). The summed E-state index contributed by atoms with van der Waals surface area (Å²) in [5, 5.41) is 11.7. The highest BCUT2D eigenvalue weighted by Gasteiger charge is 2.23. The topological polar surface area (TPSA) is 99.2 Å². The molecule has 1 heterocycles. The number of aliphatic hydroxyl groups excluding tert-OH is 1. The number of piperazine rings is 1. The van der Waals surface area contributed by atoms with Crippen molar-refractivity contribution in [3.8, 4) is 0 Å². The Bertz CT molecular complexity index is 927. The Kier molecular flexibility index (Phi) is 7.69. The molecular weight excluding hydrogens is 405 g/mol. The summed E-state index contributed by atoms with van der Waals surface area (Å²) in [5.41, 5.74) is 1.38. The number of carbonyl (C=O) groups is 3. The first-order chi connectivity index (χ1) is 14.9. The lowest BCUT2D eigenvalue weighted by atomic mass is 10.1. The van der Waals surface area contributed by atoms with Crippen molar-refractivity contribution in [3.05, 3.63) is 65.5 Å². The van der Waals surface area contributed by atoms with Crippen LogP contribution >= 0.6 is 0 Å². The molecule has 31 heavy (non-hydrogen) atoms. The van der Waals surface area contributed by atoms with Gasteiger partial charge in [0.2, 0.25) is 5.91 Å². The first-order valence-corrected chi connectivity index (χ1v) is 9.87. The van der Waals surface area contributed by atoms with Crippen LogP contribution in [0.1, 0.15) is 15.9 Å². The molecule has 9 heteroatoms. The Morgan fingerprint density at radius 1 is 1.03 bits per heavy atom. The molecule has 3 rings (SSSR count). The molecule has 0 aromatic heterocycles. The Balaban J connectivity index is 1.38. The smallest absolute Gasteiger partial charge is 0.338 e. The molecule has 164 valence electrons. The Morgan fingerprint density at radius 3 is 2.39 bits per heavy atom. The number of halogens is 1. The highest BCUT2D eigenvalue weighted by molar-refractivity contribution is 5.92. The average molecular weight is 429 g/mol. The van der Waals surface area contributed by atoms with E-state index >= 15 is 0 Å². The van der Waals surface area contributed by atoms with Gasteiger partial charge in [-0.3, -0.25) is 14.5 Å². The maximum atomic E-state index is 13.2. The fraction of sp³-hybridized carbons (Fsp3) is 0.318. The molecule has 0 saturated carbocycles. The summed E-state index contributed by atoms with van der Waals surface area (Å²) in [6.45, 7) is 1.48. The van der Waals surface area contributed by atoms with Crippen LogP contribution in [0.3, 0.4) is 0 Å². The van der Waals surface area contributed by atoms with E-state index in [0.717, 1.165) is 0 Å². The first kappa shape index (κ1) is 22.4. The minimum atomic E-state index is -0.606. The molecule has 8 nitrogen and oxygen atoms in total. The number of ether oxygens (including phenoxy) is 1. The zero-order chi connectivity index (χ0) is 22.2. The van der Waals surface area contributed by atoms with Gasteiger partial charge in [0, 0.05) is 31.9 Å². The first-order valence-electron chi connectivity index (χ1n) is 9.87. The quantitative estimate of drug-likeness (QED) is 0.643. The van der Waals surface area contributed by atoms with Gasteiger partial charge in [-0.15, -0.1) is 0 Å². The maximum Gasteiger partial charge on any atom is 0.338 e. The molecular formula is C22H24FN3O5. The Morgan fingerprint density at radius 2 is 1.74 bits per heavy atom. The van der Waals surface area contributed by atoms with Crippen LogP contribution in [0.2, 0.25) is 0 Å². The number of aliphatic hydroxyl groups is 1. The third-order valence-corrected chi connectivity index (χ3v) is 4.90. The Hall–Kier alpha value is -3.30. The van der Waals surface area contributed by atoms with Crippen LogP contribution in [0, 0.1) is 5.82 Å². The number of anilines is 1. The molecule has 1 aliphatic rings. The minimum Gasteiger partial charge on any atom is -0.452 e. The largest absolute Gasteiger partial charge is 0.452 e. The SMILES string of the molecule is O=C(CN1CCN(C(=O)COC(=O)c2ccc(CO)cc2)CC1)Nc1cccc(F)c1. The van der Waals surface area contributed by atoms with E-state index in [9.17, 15) is 18.8 Å². The van der Waals surface area contributed by atoms with Gasteiger partial charge in [-0.25, -0.2) is 9.18 Å². The van der Waals surface area contributed by atoms with Gasteiger partial charge in [0.1, 0.15) is 5.82 Å². The minimum absolute atomic E-state index is 0.119. The second-order valence-corrected chi connectivity index (χ2v) is 7.15. The van der Waals surface area contributed by atoms with Crippen molar-refractivity contribution in [2.75, 3.05) is 44.6 Å². The van der Waals surface area contributed by atoms with Crippen molar-refractivity contribution in [1.29, 1.82) is 0 Å². The number of nitrogens with zero attached hydrogens (tertiary/aromatic N) is 2. The summed E-state index contributed by atoms with van der Waals surface area (Å²) in [4.78, 5) is 40.0. The molecule has 0 aliphatic carbocycles. The summed E-state index contributed by atoms with van der Waals surface area (Å²) in [6, 6.07) is 12.0. The highest BCUT2D eigenvalue weighted by atomic mass is 19.1. The lowest BCUT2D eigenvalue weighted by molar-refractivity contribution is -0.136. The van der Waals surface area contributed by atoms with Crippen molar-refractivity contribution in [2.45, 2.75) is 6.61 Å². The second kappa shape index (κ2) is 10.6. The van der Waals surface area contributed by atoms with E-state index < -0.39 is 11.8 Å². The number of rotatable bonds is 7.